The number of nitrogens with zero attached hydrogens (tertiary/aromatic N) is 1. The molecule has 2 aromatic rings. The second-order valence-electron chi connectivity index (χ2n) is 5.70. The molecule has 0 unspecified atom stereocenters. The molecule has 2 rings (SSSR count). The molecule has 0 aliphatic carbocycles. The molecule has 0 bridgehead atoms. The third kappa shape index (κ3) is 3.95. The second kappa shape index (κ2) is 7.68. The normalized spacial score (nSPS) is 11.8. The van der Waals surface area contributed by atoms with Gasteiger partial charge in [0, 0.05) is 18.3 Å². The van der Waals surface area contributed by atoms with Gasteiger partial charge >= 0.3 is 0 Å². The zero-order chi connectivity index (χ0) is 17.7. The minimum absolute atomic E-state index is 0.101. The number of carbonyl (C=O) groups excluding carboxylic acids is 1. The van der Waals surface area contributed by atoms with Crippen molar-refractivity contribution in [1.82, 2.24) is 4.57 Å². The van der Waals surface area contributed by atoms with Gasteiger partial charge in [-0.1, -0.05) is 19.1 Å². The van der Waals surface area contributed by atoms with Gasteiger partial charge in [-0.05, 0) is 38.5 Å². The fourth-order valence-corrected chi connectivity index (χ4v) is 2.55. The first kappa shape index (κ1) is 17.6. The predicted molar refractivity (Wildman–Crippen MR) is 95.7 cm³/mol. The van der Waals surface area contributed by atoms with E-state index in [4.69, 9.17) is 0 Å². The molecule has 0 aliphatic heterocycles. The number of rotatable bonds is 6. The number of anilines is 2. The monoisotopic (exact) mass is 329 g/mol. The summed E-state index contributed by atoms with van der Waals surface area (Å²) < 4.78 is 1.36. The molecule has 1 aromatic heterocycles. The Hall–Kier alpha value is -2.76. The van der Waals surface area contributed by atoms with E-state index in [1.54, 1.807) is 13.8 Å². The molecular formula is C18H23N3O3. The average molecular weight is 329 g/mol. The van der Waals surface area contributed by atoms with E-state index in [0.717, 1.165) is 24.7 Å². The molecule has 3 N–H and O–H groups in total. The molecule has 1 amide bonds. The van der Waals surface area contributed by atoms with Crippen molar-refractivity contribution in [3.8, 4) is 5.75 Å². The van der Waals surface area contributed by atoms with Crippen LogP contribution in [0.1, 0.15) is 32.0 Å². The summed E-state index contributed by atoms with van der Waals surface area (Å²) in [6.45, 7) is 6.21. The lowest BCUT2D eigenvalue weighted by Gasteiger charge is -2.19. The molecule has 6 heteroatoms. The van der Waals surface area contributed by atoms with Gasteiger partial charge in [0.1, 0.15) is 11.8 Å². The van der Waals surface area contributed by atoms with Crippen LogP contribution in [0.25, 0.3) is 0 Å². The number of pyridine rings is 1. The molecule has 1 aromatic carbocycles. The number of aromatic hydroxyl groups is 1. The SMILES string of the molecule is CCCNc1ccccc1NC(=O)[C@@H](C)n1c(C)cc(O)cc1=O. The van der Waals surface area contributed by atoms with Crippen molar-refractivity contribution in [3.63, 3.8) is 0 Å². The second-order valence-corrected chi connectivity index (χ2v) is 5.70. The van der Waals surface area contributed by atoms with Crippen LogP contribution in [-0.2, 0) is 4.79 Å². The molecule has 6 nitrogen and oxygen atoms in total. The summed E-state index contributed by atoms with van der Waals surface area (Å²) >= 11 is 0. The zero-order valence-electron chi connectivity index (χ0n) is 14.2. The number of aromatic nitrogens is 1. The van der Waals surface area contributed by atoms with Gasteiger partial charge in [-0.25, -0.2) is 0 Å². The van der Waals surface area contributed by atoms with Crippen LogP contribution in [0.3, 0.4) is 0 Å². The van der Waals surface area contributed by atoms with Crippen LogP contribution in [0, 0.1) is 6.92 Å². The van der Waals surface area contributed by atoms with Crippen LogP contribution in [-0.4, -0.2) is 22.1 Å². The van der Waals surface area contributed by atoms with Crippen molar-refractivity contribution >= 4 is 17.3 Å². The van der Waals surface area contributed by atoms with Gasteiger partial charge in [0.25, 0.3) is 5.56 Å². The number of amides is 1. The topological polar surface area (TPSA) is 83.4 Å². The summed E-state index contributed by atoms with van der Waals surface area (Å²) in [5, 5.41) is 15.6. The molecule has 0 saturated carbocycles. The maximum Gasteiger partial charge on any atom is 0.255 e. The van der Waals surface area contributed by atoms with Crippen molar-refractivity contribution in [2.24, 2.45) is 0 Å². The van der Waals surface area contributed by atoms with Crippen LogP contribution in [0.15, 0.2) is 41.2 Å². The predicted octanol–water partition coefficient (Wildman–Crippen LogP) is 2.88. The van der Waals surface area contributed by atoms with E-state index in [1.165, 1.54) is 10.6 Å². The smallest absolute Gasteiger partial charge is 0.255 e. The van der Waals surface area contributed by atoms with Gasteiger partial charge in [-0.2, -0.15) is 0 Å². The quantitative estimate of drug-likeness (QED) is 0.761. The van der Waals surface area contributed by atoms with E-state index in [9.17, 15) is 14.7 Å². The third-order valence-electron chi connectivity index (χ3n) is 3.76. The lowest BCUT2D eigenvalue weighted by molar-refractivity contribution is -0.118. The highest BCUT2D eigenvalue weighted by Crippen LogP contribution is 2.22. The standard InChI is InChI=1S/C18H23N3O3/c1-4-9-19-15-7-5-6-8-16(15)20-18(24)13(3)21-12(2)10-14(22)11-17(21)23/h5-8,10-11,13,19,22H,4,9H2,1-3H3,(H,20,24)/t13-/m1/s1. The Labute approximate surface area is 141 Å². The number of para-hydroxylation sites is 2. The zero-order valence-corrected chi connectivity index (χ0v) is 14.2. The fourth-order valence-electron chi connectivity index (χ4n) is 2.55. The highest BCUT2D eigenvalue weighted by molar-refractivity contribution is 5.96. The number of aryl methyl sites for hydroxylation is 1. The Morgan fingerprint density at radius 1 is 1.25 bits per heavy atom. The summed E-state index contributed by atoms with van der Waals surface area (Å²) in [6, 6.07) is 9.32. The van der Waals surface area contributed by atoms with Gasteiger partial charge in [0.05, 0.1) is 11.4 Å². The van der Waals surface area contributed by atoms with Crippen LogP contribution in [0.2, 0.25) is 0 Å². The summed E-state index contributed by atoms with van der Waals surface area (Å²) in [4.78, 5) is 24.6. The van der Waals surface area contributed by atoms with Gasteiger partial charge in [0.15, 0.2) is 0 Å². The van der Waals surface area contributed by atoms with Crippen molar-refractivity contribution in [2.75, 3.05) is 17.2 Å². The van der Waals surface area contributed by atoms with E-state index < -0.39 is 11.6 Å². The van der Waals surface area contributed by atoms with Gasteiger partial charge in [-0.3, -0.25) is 9.59 Å². The molecule has 24 heavy (non-hydrogen) atoms. The van der Waals surface area contributed by atoms with Crippen LogP contribution >= 0.6 is 0 Å². The minimum atomic E-state index is -0.697. The first-order valence-electron chi connectivity index (χ1n) is 8.00. The summed E-state index contributed by atoms with van der Waals surface area (Å²) in [5.41, 5.74) is 1.63. The van der Waals surface area contributed by atoms with Crippen LogP contribution in [0.5, 0.6) is 5.75 Å². The number of hydrogen-bond donors (Lipinski definition) is 3. The first-order chi connectivity index (χ1) is 11.4. The van der Waals surface area contributed by atoms with Crippen molar-refractivity contribution in [2.45, 2.75) is 33.2 Å². The third-order valence-corrected chi connectivity index (χ3v) is 3.76. The Kier molecular flexibility index (Phi) is 5.63. The van der Waals surface area contributed by atoms with E-state index >= 15 is 0 Å². The van der Waals surface area contributed by atoms with Crippen molar-refractivity contribution < 1.29 is 9.90 Å². The molecular weight excluding hydrogens is 306 g/mol. The number of nitrogens with one attached hydrogen (secondary N) is 2. The fraction of sp³-hybridized carbons (Fsp3) is 0.333. The Bertz CT molecular complexity index is 783. The first-order valence-corrected chi connectivity index (χ1v) is 8.00. The lowest BCUT2D eigenvalue weighted by Crippen LogP contribution is -2.32. The van der Waals surface area contributed by atoms with Gasteiger partial charge < -0.3 is 20.3 Å². The highest BCUT2D eigenvalue weighted by atomic mass is 16.3. The van der Waals surface area contributed by atoms with E-state index in [2.05, 4.69) is 17.6 Å². The number of carbonyl (C=O) groups is 1. The average Bonchev–Trinajstić information content (AvgIpc) is 2.53. The Morgan fingerprint density at radius 2 is 1.92 bits per heavy atom. The molecule has 1 atom stereocenters. The van der Waals surface area contributed by atoms with Gasteiger partial charge in [0.2, 0.25) is 5.91 Å². The molecule has 0 fully saturated rings. The molecule has 1 heterocycles. The van der Waals surface area contributed by atoms with Crippen LogP contribution in [0.4, 0.5) is 11.4 Å². The molecule has 0 saturated heterocycles. The molecule has 128 valence electrons. The lowest BCUT2D eigenvalue weighted by atomic mass is 10.2. The maximum absolute atomic E-state index is 12.6. The number of hydrogen-bond acceptors (Lipinski definition) is 4. The number of benzene rings is 1. The van der Waals surface area contributed by atoms with E-state index in [-0.39, 0.29) is 11.7 Å². The van der Waals surface area contributed by atoms with Gasteiger partial charge in [-0.15, -0.1) is 0 Å². The maximum atomic E-state index is 12.6. The molecule has 0 radical (unpaired) electrons. The van der Waals surface area contributed by atoms with Crippen LogP contribution < -0.4 is 16.2 Å². The largest absolute Gasteiger partial charge is 0.508 e. The summed E-state index contributed by atoms with van der Waals surface area (Å²) in [7, 11) is 0. The highest BCUT2D eigenvalue weighted by Gasteiger charge is 2.19. The van der Waals surface area contributed by atoms with Crippen molar-refractivity contribution in [1.29, 1.82) is 0 Å². The Balaban J connectivity index is 2.23. The summed E-state index contributed by atoms with van der Waals surface area (Å²) in [5.74, 6) is -0.396. The van der Waals surface area contributed by atoms with E-state index in [1.807, 2.05) is 24.3 Å². The van der Waals surface area contributed by atoms with E-state index in [0.29, 0.717) is 11.4 Å². The molecule has 0 spiro atoms. The molecule has 0 aliphatic rings. The minimum Gasteiger partial charge on any atom is -0.508 e. The van der Waals surface area contributed by atoms with Crippen molar-refractivity contribution in [3.05, 3.63) is 52.4 Å². The summed E-state index contributed by atoms with van der Waals surface area (Å²) in [6.07, 6.45) is 0.973. The Morgan fingerprint density at radius 3 is 2.54 bits per heavy atom.